The summed E-state index contributed by atoms with van der Waals surface area (Å²) in [6.45, 7) is 11.6. The van der Waals surface area contributed by atoms with Crippen molar-refractivity contribution in [2.45, 2.75) is 97.4 Å². The molecule has 0 saturated carbocycles. The first-order valence-electron chi connectivity index (χ1n) is 14.3. The van der Waals surface area contributed by atoms with Crippen molar-refractivity contribution in [3.8, 4) is 18.1 Å². The number of phenols is 1. The number of rotatable bonds is 13. The zero-order valence-corrected chi connectivity index (χ0v) is 25.2. The van der Waals surface area contributed by atoms with Crippen molar-refractivity contribution in [2.24, 2.45) is 0 Å². The number of nitrogens with one attached hydrogen (secondary N) is 2. The number of carbonyl (C=O) groups is 3. The molecule has 0 aliphatic rings. The number of alkyl carbamates (subject to hydrolysis) is 1. The zero-order valence-electron chi connectivity index (χ0n) is 25.2. The molecule has 2 aromatic rings. The second-order valence-corrected chi connectivity index (χ2v) is 11.2. The lowest BCUT2D eigenvalue weighted by Gasteiger charge is -2.38. The van der Waals surface area contributed by atoms with E-state index >= 15 is 0 Å². The highest BCUT2D eigenvalue weighted by Gasteiger charge is 2.38. The summed E-state index contributed by atoms with van der Waals surface area (Å²) in [4.78, 5) is 42.6. The van der Waals surface area contributed by atoms with Crippen molar-refractivity contribution in [1.29, 1.82) is 0 Å². The van der Waals surface area contributed by atoms with E-state index < -0.39 is 29.7 Å². The van der Waals surface area contributed by atoms with Gasteiger partial charge >= 0.3 is 6.09 Å². The van der Waals surface area contributed by atoms with Crippen LogP contribution in [-0.2, 0) is 20.7 Å². The van der Waals surface area contributed by atoms with Crippen molar-refractivity contribution in [3.63, 3.8) is 0 Å². The Bertz CT molecular complexity index is 1180. The third kappa shape index (κ3) is 10.5. The number of phenolic OH excluding ortho intramolecular Hbond substituents is 1. The van der Waals surface area contributed by atoms with Crippen molar-refractivity contribution < 1.29 is 24.2 Å². The normalized spacial score (nSPS) is 13.3. The second-order valence-electron chi connectivity index (χ2n) is 11.2. The van der Waals surface area contributed by atoms with Crippen molar-refractivity contribution in [1.82, 2.24) is 15.5 Å². The molecule has 2 rings (SSSR count). The van der Waals surface area contributed by atoms with Crippen LogP contribution >= 0.6 is 0 Å². The van der Waals surface area contributed by atoms with E-state index in [0.29, 0.717) is 24.1 Å². The van der Waals surface area contributed by atoms with Crippen molar-refractivity contribution in [3.05, 3.63) is 65.2 Å². The Morgan fingerprint density at radius 3 is 2.20 bits per heavy atom. The molecular weight excluding hydrogens is 518 g/mol. The molecular formula is C33H45N3O5. The molecule has 8 heteroatoms. The molecule has 41 heavy (non-hydrogen) atoms. The van der Waals surface area contributed by atoms with E-state index in [1.54, 1.807) is 62.1 Å². The van der Waals surface area contributed by atoms with Crippen LogP contribution in [0, 0.1) is 12.3 Å². The van der Waals surface area contributed by atoms with Crippen LogP contribution in [0.5, 0.6) is 5.75 Å². The average Bonchev–Trinajstić information content (AvgIpc) is 2.93. The predicted molar refractivity (Wildman–Crippen MR) is 161 cm³/mol. The van der Waals surface area contributed by atoms with Crippen molar-refractivity contribution >= 4 is 17.9 Å². The summed E-state index contributed by atoms with van der Waals surface area (Å²) < 4.78 is 5.48. The maximum atomic E-state index is 14.4. The van der Waals surface area contributed by atoms with Gasteiger partial charge in [-0.05, 0) is 75.9 Å². The standard InChI is InChI=1S/C33H45N3O5/c1-8-11-12-21-34-30(38)29(26-17-13-24(10-3)14-18-26)36(23(4)9-2)31(39)28(35-32(40)41-33(5,6)7)22-25-15-19-27(37)20-16-25/h3,13-20,23,28-29,37H,8-9,11-12,21-22H2,1-2,4-7H3,(H,34,38)(H,35,40). The molecule has 3 amide bonds. The smallest absolute Gasteiger partial charge is 0.408 e. The summed E-state index contributed by atoms with van der Waals surface area (Å²) in [5, 5.41) is 15.5. The van der Waals surface area contributed by atoms with E-state index in [1.807, 2.05) is 13.8 Å². The number of hydrogen-bond donors (Lipinski definition) is 3. The monoisotopic (exact) mass is 563 g/mol. The second kappa shape index (κ2) is 15.7. The Labute approximate surface area is 244 Å². The van der Waals surface area contributed by atoms with Gasteiger partial charge in [-0.3, -0.25) is 9.59 Å². The summed E-state index contributed by atoms with van der Waals surface area (Å²) >= 11 is 0. The first kappa shape index (κ1) is 33.2. The molecule has 2 aromatic carbocycles. The first-order valence-corrected chi connectivity index (χ1v) is 14.3. The van der Waals surface area contributed by atoms with Gasteiger partial charge in [0.25, 0.3) is 0 Å². The van der Waals surface area contributed by atoms with Crippen LogP contribution in [-0.4, -0.2) is 52.1 Å². The van der Waals surface area contributed by atoms with Gasteiger partial charge in [-0.25, -0.2) is 4.79 Å². The first-order chi connectivity index (χ1) is 19.4. The number of amides is 3. The maximum Gasteiger partial charge on any atom is 0.408 e. The third-order valence-corrected chi connectivity index (χ3v) is 6.68. The number of ether oxygens (including phenoxy) is 1. The summed E-state index contributed by atoms with van der Waals surface area (Å²) in [7, 11) is 0. The number of hydrogen-bond acceptors (Lipinski definition) is 5. The number of carbonyl (C=O) groups excluding carboxylic acids is 3. The molecule has 0 spiro atoms. The molecule has 3 N–H and O–H groups in total. The summed E-state index contributed by atoms with van der Waals surface area (Å²) in [6.07, 6.45) is 8.34. The van der Waals surface area contributed by atoms with Crippen LogP contribution < -0.4 is 10.6 Å². The Balaban J connectivity index is 2.56. The molecule has 222 valence electrons. The van der Waals surface area contributed by atoms with Gasteiger partial charge in [-0.2, -0.15) is 0 Å². The minimum atomic E-state index is -1.04. The van der Waals surface area contributed by atoms with E-state index in [0.717, 1.165) is 24.8 Å². The van der Waals surface area contributed by atoms with Gasteiger partial charge < -0.3 is 25.4 Å². The number of unbranched alkanes of at least 4 members (excludes halogenated alkanes) is 2. The fourth-order valence-corrected chi connectivity index (χ4v) is 4.38. The highest BCUT2D eigenvalue weighted by Crippen LogP contribution is 2.27. The Morgan fingerprint density at radius 1 is 1.02 bits per heavy atom. The largest absolute Gasteiger partial charge is 0.508 e. The summed E-state index contributed by atoms with van der Waals surface area (Å²) in [5.74, 6) is 1.95. The van der Waals surface area contributed by atoms with Gasteiger partial charge in [0.05, 0.1) is 0 Å². The Morgan fingerprint density at radius 2 is 1.66 bits per heavy atom. The number of nitrogens with zero attached hydrogens (tertiary/aromatic N) is 1. The fourth-order valence-electron chi connectivity index (χ4n) is 4.38. The van der Waals surface area contributed by atoms with Crippen molar-refractivity contribution in [2.75, 3.05) is 6.54 Å². The van der Waals surface area contributed by atoms with Crippen LogP contribution in [0.25, 0.3) is 0 Å². The zero-order chi connectivity index (χ0) is 30.6. The summed E-state index contributed by atoms with van der Waals surface area (Å²) in [6, 6.07) is 11.1. The van der Waals surface area contributed by atoms with E-state index in [9.17, 15) is 19.5 Å². The van der Waals surface area contributed by atoms with Crippen LogP contribution in [0.3, 0.4) is 0 Å². The molecule has 3 atom stereocenters. The quantitative estimate of drug-likeness (QED) is 0.221. The minimum Gasteiger partial charge on any atom is -0.508 e. The van der Waals surface area contributed by atoms with E-state index in [4.69, 9.17) is 11.2 Å². The van der Waals surface area contributed by atoms with Gasteiger partial charge in [-0.1, -0.05) is 56.9 Å². The van der Waals surface area contributed by atoms with E-state index in [-0.39, 0.29) is 24.1 Å². The molecule has 0 bridgehead atoms. The Hall–Kier alpha value is -3.99. The Kier molecular flexibility index (Phi) is 12.7. The van der Waals surface area contributed by atoms with Crippen LogP contribution in [0.2, 0.25) is 0 Å². The highest BCUT2D eigenvalue weighted by molar-refractivity contribution is 5.92. The fraction of sp³-hybridized carbons (Fsp3) is 0.485. The minimum absolute atomic E-state index is 0.0909. The van der Waals surface area contributed by atoms with Crippen LogP contribution in [0.1, 0.15) is 90.0 Å². The van der Waals surface area contributed by atoms with Gasteiger partial charge in [0.15, 0.2) is 0 Å². The number of aromatic hydroxyl groups is 1. The molecule has 0 aliphatic carbocycles. The molecule has 0 heterocycles. The lowest BCUT2D eigenvalue weighted by molar-refractivity contribution is -0.145. The van der Waals surface area contributed by atoms with Gasteiger partial charge in [0.1, 0.15) is 23.4 Å². The van der Waals surface area contributed by atoms with E-state index in [1.165, 1.54) is 12.1 Å². The maximum absolute atomic E-state index is 14.4. The van der Waals surface area contributed by atoms with E-state index in [2.05, 4.69) is 23.5 Å². The summed E-state index contributed by atoms with van der Waals surface area (Å²) in [5.41, 5.74) is 1.23. The molecule has 0 aliphatic heterocycles. The topological polar surface area (TPSA) is 108 Å². The molecule has 0 radical (unpaired) electrons. The lowest BCUT2D eigenvalue weighted by atomic mass is 9.97. The molecule has 0 saturated heterocycles. The SMILES string of the molecule is C#Cc1ccc(C(C(=O)NCCCCC)N(C(=O)C(Cc2ccc(O)cc2)NC(=O)OC(C)(C)C)C(C)CC)cc1. The van der Waals surface area contributed by atoms with Crippen LogP contribution in [0.15, 0.2) is 48.5 Å². The number of benzene rings is 2. The van der Waals surface area contributed by atoms with Gasteiger partial charge in [0, 0.05) is 24.6 Å². The van der Waals surface area contributed by atoms with Gasteiger partial charge in [-0.15, -0.1) is 6.42 Å². The predicted octanol–water partition coefficient (Wildman–Crippen LogP) is 5.48. The molecule has 0 aromatic heterocycles. The average molecular weight is 564 g/mol. The lowest BCUT2D eigenvalue weighted by Crippen LogP contribution is -2.56. The highest BCUT2D eigenvalue weighted by atomic mass is 16.6. The third-order valence-electron chi connectivity index (χ3n) is 6.68. The van der Waals surface area contributed by atoms with Gasteiger partial charge in [0.2, 0.25) is 11.8 Å². The molecule has 8 nitrogen and oxygen atoms in total. The molecule has 0 fully saturated rings. The van der Waals surface area contributed by atoms with Crippen LogP contribution in [0.4, 0.5) is 4.79 Å². The number of terminal acetylenes is 1. The molecule has 3 unspecified atom stereocenters.